The highest BCUT2D eigenvalue weighted by Gasteiger charge is 2.05. The Hall–Kier alpha value is -2.60. The third kappa shape index (κ3) is 3.68. The van der Waals surface area contributed by atoms with Crippen LogP contribution >= 0.6 is 0 Å². The fourth-order valence-electron chi connectivity index (χ4n) is 1.54. The van der Waals surface area contributed by atoms with Crippen LogP contribution in [0.3, 0.4) is 0 Å². The van der Waals surface area contributed by atoms with Crippen molar-refractivity contribution in [3.05, 3.63) is 59.7 Å². The van der Waals surface area contributed by atoms with Gasteiger partial charge in [-0.3, -0.25) is 0 Å². The molecule has 1 rings (SSSR count). The van der Waals surface area contributed by atoms with E-state index in [4.69, 9.17) is 0 Å². The van der Waals surface area contributed by atoms with E-state index >= 15 is 0 Å². The van der Waals surface area contributed by atoms with Crippen molar-refractivity contribution in [1.29, 1.82) is 5.26 Å². The molecule has 1 aromatic rings. The third-order valence-corrected chi connectivity index (χ3v) is 2.60. The predicted molar refractivity (Wildman–Crippen MR) is 75.9 cm³/mol. The maximum atomic E-state index is 11.3. The van der Waals surface area contributed by atoms with E-state index in [2.05, 4.69) is 17.4 Å². The van der Waals surface area contributed by atoms with E-state index in [0.717, 1.165) is 11.1 Å². The van der Waals surface area contributed by atoms with E-state index in [1.54, 1.807) is 25.2 Å². The van der Waals surface area contributed by atoms with Crippen LogP contribution in [0.25, 0.3) is 11.6 Å². The molecule has 0 radical (unpaired) electrons. The zero-order chi connectivity index (χ0) is 14.3. The van der Waals surface area contributed by atoms with E-state index in [9.17, 15) is 10.1 Å². The van der Waals surface area contributed by atoms with Crippen LogP contribution < -0.4 is 0 Å². The van der Waals surface area contributed by atoms with Crippen LogP contribution in [0.2, 0.25) is 0 Å². The van der Waals surface area contributed by atoms with Crippen LogP contribution in [0.15, 0.2) is 48.6 Å². The summed E-state index contributed by atoms with van der Waals surface area (Å²) in [7, 11) is 1.32. The van der Waals surface area contributed by atoms with Gasteiger partial charge in [-0.05, 0) is 24.1 Å². The van der Waals surface area contributed by atoms with Gasteiger partial charge in [0.05, 0.1) is 18.8 Å². The SMILES string of the molecule is C=Cc1ccccc1/C(C#N)=C/C=C(\C)C(=O)OC. The molecule has 19 heavy (non-hydrogen) atoms. The van der Waals surface area contributed by atoms with E-state index in [1.807, 2.05) is 24.3 Å². The van der Waals surface area contributed by atoms with E-state index < -0.39 is 5.97 Å². The van der Waals surface area contributed by atoms with Gasteiger partial charge in [-0.15, -0.1) is 0 Å². The number of hydrogen-bond acceptors (Lipinski definition) is 3. The number of methoxy groups -OCH3 is 1. The molecule has 0 fully saturated rings. The number of hydrogen-bond donors (Lipinski definition) is 0. The lowest BCUT2D eigenvalue weighted by Crippen LogP contribution is -2.00. The Balaban J connectivity index is 3.18. The molecule has 96 valence electrons. The van der Waals surface area contributed by atoms with Crippen LogP contribution in [-0.2, 0) is 9.53 Å². The van der Waals surface area contributed by atoms with Gasteiger partial charge in [-0.2, -0.15) is 5.26 Å². The second-order valence-electron chi connectivity index (χ2n) is 3.82. The lowest BCUT2D eigenvalue weighted by Gasteiger charge is -2.03. The molecule has 0 aliphatic heterocycles. The molecule has 0 aliphatic rings. The molecular formula is C16H15NO2. The molecular weight excluding hydrogens is 238 g/mol. The summed E-state index contributed by atoms with van der Waals surface area (Å²) in [5.74, 6) is -0.412. The van der Waals surface area contributed by atoms with Crippen LogP contribution in [0.4, 0.5) is 0 Å². The van der Waals surface area contributed by atoms with Crippen LogP contribution in [0, 0.1) is 11.3 Å². The van der Waals surface area contributed by atoms with Gasteiger partial charge in [-0.25, -0.2) is 4.79 Å². The average Bonchev–Trinajstić information content (AvgIpc) is 2.47. The van der Waals surface area contributed by atoms with E-state index in [0.29, 0.717) is 11.1 Å². The second-order valence-corrected chi connectivity index (χ2v) is 3.82. The molecule has 3 nitrogen and oxygen atoms in total. The molecule has 0 saturated heterocycles. The molecule has 0 unspecified atom stereocenters. The highest BCUT2D eigenvalue weighted by Crippen LogP contribution is 2.20. The minimum Gasteiger partial charge on any atom is -0.466 e. The summed E-state index contributed by atoms with van der Waals surface area (Å²) in [6.07, 6.45) is 4.87. The molecule has 0 aromatic heterocycles. The molecule has 0 atom stereocenters. The third-order valence-electron chi connectivity index (χ3n) is 2.60. The highest BCUT2D eigenvalue weighted by molar-refractivity contribution is 5.89. The largest absolute Gasteiger partial charge is 0.466 e. The number of nitriles is 1. The first-order valence-corrected chi connectivity index (χ1v) is 5.73. The quantitative estimate of drug-likeness (QED) is 0.358. The molecule has 0 heterocycles. The van der Waals surface area contributed by atoms with Gasteiger partial charge >= 0.3 is 5.97 Å². The van der Waals surface area contributed by atoms with Gasteiger partial charge in [0.1, 0.15) is 0 Å². The zero-order valence-corrected chi connectivity index (χ0v) is 11.0. The fraction of sp³-hybridized carbons (Fsp3) is 0.125. The first kappa shape index (κ1) is 14.5. The molecule has 0 amide bonds. The topological polar surface area (TPSA) is 50.1 Å². The zero-order valence-electron chi connectivity index (χ0n) is 11.0. The van der Waals surface area contributed by atoms with Gasteiger partial charge < -0.3 is 4.74 Å². The van der Waals surface area contributed by atoms with Gasteiger partial charge in [0, 0.05) is 5.57 Å². The molecule has 0 spiro atoms. The summed E-state index contributed by atoms with van der Waals surface area (Å²) in [5, 5.41) is 9.21. The van der Waals surface area contributed by atoms with Crippen molar-refractivity contribution in [3.8, 4) is 6.07 Å². The maximum absolute atomic E-state index is 11.3. The average molecular weight is 253 g/mol. The summed E-state index contributed by atoms with van der Waals surface area (Å²) < 4.78 is 4.59. The molecule has 0 saturated carbocycles. The standard InChI is InChI=1S/C16H15NO2/c1-4-13-7-5-6-8-15(13)14(11-17)10-9-12(2)16(18)19-3/h4-10H,1H2,2-3H3/b12-9+,14-10+. The van der Waals surface area contributed by atoms with Crippen LogP contribution in [0.5, 0.6) is 0 Å². The summed E-state index contributed by atoms with van der Waals surface area (Å²) >= 11 is 0. The predicted octanol–water partition coefficient (Wildman–Crippen LogP) is 3.36. The smallest absolute Gasteiger partial charge is 0.333 e. The van der Waals surface area contributed by atoms with Gasteiger partial charge in [-0.1, -0.05) is 43.0 Å². The van der Waals surface area contributed by atoms with Crippen molar-refractivity contribution in [2.24, 2.45) is 0 Å². The number of rotatable bonds is 4. The minimum atomic E-state index is -0.412. The Morgan fingerprint density at radius 1 is 1.37 bits per heavy atom. The molecule has 0 N–H and O–H groups in total. The van der Waals surface area contributed by atoms with Crippen molar-refractivity contribution in [2.75, 3.05) is 7.11 Å². The van der Waals surface area contributed by atoms with Crippen LogP contribution in [-0.4, -0.2) is 13.1 Å². The van der Waals surface area contributed by atoms with E-state index in [-0.39, 0.29) is 0 Å². The summed E-state index contributed by atoms with van der Waals surface area (Å²) in [6, 6.07) is 9.57. The number of carbonyl (C=O) groups is 1. The Morgan fingerprint density at radius 2 is 2.05 bits per heavy atom. The second kappa shape index (κ2) is 6.97. The lowest BCUT2D eigenvalue weighted by molar-refractivity contribution is -0.136. The Morgan fingerprint density at radius 3 is 2.63 bits per heavy atom. The van der Waals surface area contributed by atoms with Crippen molar-refractivity contribution in [1.82, 2.24) is 0 Å². The highest BCUT2D eigenvalue weighted by atomic mass is 16.5. The van der Waals surface area contributed by atoms with E-state index in [1.165, 1.54) is 7.11 Å². The number of ether oxygens (including phenoxy) is 1. The van der Waals surface area contributed by atoms with Crippen molar-refractivity contribution >= 4 is 17.6 Å². The fourth-order valence-corrected chi connectivity index (χ4v) is 1.54. The van der Waals surface area contributed by atoms with Crippen molar-refractivity contribution in [2.45, 2.75) is 6.92 Å². The number of nitrogens with zero attached hydrogens (tertiary/aromatic N) is 1. The summed E-state index contributed by atoms with van der Waals surface area (Å²) in [5.41, 5.74) is 2.57. The Kier molecular flexibility index (Phi) is 5.31. The van der Waals surface area contributed by atoms with Gasteiger partial charge in [0.2, 0.25) is 0 Å². The molecule has 0 bridgehead atoms. The molecule has 1 aromatic carbocycles. The monoisotopic (exact) mass is 253 g/mol. The Bertz CT molecular complexity index is 589. The molecule has 0 aliphatic carbocycles. The number of allylic oxidation sites excluding steroid dienone is 3. The summed E-state index contributed by atoms with van der Waals surface area (Å²) in [6.45, 7) is 5.35. The first-order chi connectivity index (χ1) is 9.13. The molecule has 3 heteroatoms. The number of benzene rings is 1. The first-order valence-electron chi connectivity index (χ1n) is 5.73. The normalized spacial score (nSPS) is 11.6. The van der Waals surface area contributed by atoms with Crippen molar-refractivity contribution in [3.63, 3.8) is 0 Å². The number of esters is 1. The number of carbonyl (C=O) groups excluding carboxylic acids is 1. The van der Waals surface area contributed by atoms with Crippen LogP contribution in [0.1, 0.15) is 18.1 Å². The van der Waals surface area contributed by atoms with Crippen molar-refractivity contribution < 1.29 is 9.53 Å². The minimum absolute atomic E-state index is 0.412. The van der Waals surface area contributed by atoms with Gasteiger partial charge in [0.15, 0.2) is 0 Å². The lowest BCUT2D eigenvalue weighted by atomic mass is 10.00. The maximum Gasteiger partial charge on any atom is 0.333 e. The summed E-state index contributed by atoms with van der Waals surface area (Å²) in [4.78, 5) is 11.3. The Labute approximate surface area is 113 Å². The van der Waals surface area contributed by atoms with Gasteiger partial charge in [0.25, 0.3) is 0 Å².